The molecule has 4 heteroatoms. The van der Waals surface area contributed by atoms with E-state index in [9.17, 15) is 9.90 Å². The maximum Gasteiger partial charge on any atom is 0.325 e. The molecule has 1 aromatic carbocycles. The van der Waals surface area contributed by atoms with Crippen LogP contribution in [0.2, 0.25) is 0 Å². The van der Waals surface area contributed by atoms with E-state index in [-0.39, 0.29) is 0 Å². The minimum Gasteiger partial charge on any atom is -0.494 e. The molecule has 1 aliphatic heterocycles. The van der Waals surface area contributed by atoms with Crippen LogP contribution in [0.3, 0.4) is 0 Å². The lowest BCUT2D eigenvalue weighted by Gasteiger charge is -2.32. The van der Waals surface area contributed by atoms with Crippen LogP contribution in [0.4, 0.5) is 0 Å². The van der Waals surface area contributed by atoms with Crippen LogP contribution < -0.4 is 4.74 Å². The molecule has 1 unspecified atom stereocenters. The number of carboxylic acid groups (broad SMARTS) is 1. The number of aliphatic carboxylic acids is 1. The highest BCUT2D eigenvalue weighted by Gasteiger charge is 2.28. The SMILES string of the molecule is CCOc1cccc(C(C(=O)O)N2CCCCC2)c1. The van der Waals surface area contributed by atoms with Gasteiger partial charge in [0.1, 0.15) is 11.8 Å². The quantitative estimate of drug-likeness (QED) is 0.887. The monoisotopic (exact) mass is 263 g/mol. The summed E-state index contributed by atoms with van der Waals surface area (Å²) in [7, 11) is 0. The van der Waals surface area contributed by atoms with Gasteiger partial charge in [0.15, 0.2) is 0 Å². The molecule has 0 radical (unpaired) electrons. The summed E-state index contributed by atoms with van der Waals surface area (Å²) in [6.07, 6.45) is 3.35. The van der Waals surface area contributed by atoms with Crippen molar-refractivity contribution in [3.05, 3.63) is 29.8 Å². The van der Waals surface area contributed by atoms with Crippen molar-refractivity contribution in [2.75, 3.05) is 19.7 Å². The van der Waals surface area contributed by atoms with E-state index in [4.69, 9.17) is 4.74 Å². The van der Waals surface area contributed by atoms with Gasteiger partial charge in [0.25, 0.3) is 0 Å². The van der Waals surface area contributed by atoms with Gasteiger partial charge in [-0.25, -0.2) is 0 Å². The normalized spacial score (nSPS) is 17.9. The molecule has 0 amide bonds. The zero-order chi connectivity index (χ0) is 13.7. The van der Waals surface area contributed by atoms with Crippen LogP contribution in [0, 0.1) is 0 Å². The summed E-state index contributed by atoms with van der Waals surface area (Å²) in [5.41, 5.74) is 0.806. The van der Waals surface area contributed by atoms with E-state index in [2.05, 4.69) is 4.90 Å². The average Bonchev–Trinajstić information content (AvgIpc) is 2.40. The fraction of sp³-hybridized carbons (Fsp3) is 0.533. The third kappa shape index (κ3) is 3.47. The first kappa shape index (κ1) is 13.9. The molecule has 0 aliphatic carbocycles. The lowest BCUT2D eigenvalue weighted by Crippen LogP contribution is -2.37. The number of carbonyl (C=O) groups is 1. The van der Waals surface area contributed by atoms with Crippen LogP contribution in [-0.2, 0) is 4.79 Å². The number of piperidine rings is 1. The van der Waals surface area contributed by atoms with Gasteiger partial charge in [0.05, 0.1) is 6.61 Å². The van der Waals surface area contributed by atoms with Crippen LogP contribution in [0.1, 0.15) is 37.8 Å². The molecule has 0 saturated carbocycles. The van der Waals surface area contributed by atoms with Gasteiger partial charge in [-0.3, -0.25) is 9.69 Å². The lowest BCUT2D eigenvalue weighted by atomic mass is 10.0. The number of rotatable bonds is 5. The van der Waals surface area contributed by atoms with Gasteiger partial charge in [-0.15, -0.1) is 0 Å². The van der Waals surface area contributed by atoms with Crippen LogP contribution in [0.15, 0.2) is 24.3 Å². The molecule has 0 spiro atoms. The number of ether oxygens (including phenoxy) is 1. The summed E-state index contributed by atoms with van der Waals surface area (Å²) in [6, 6.07) is 6.88. The number of likely N-dealkylation sites (tertiary alicyclic amines) is 1. The van der Waals surface area contributed by atoms with Crippen molar-refractivity contribution in [3.8, 4) is 5.75 Å². The summed E-state index contributed by atoms with van der Waals surface area (Å²) in [6.45, 7) is 4.22. The predicted molar refractivity (Wildman–Crippen MR) is 73.4 cm³/mol. The molecule has 1 aliphatic rings. The molecule has 2 rings (SSSR count). The lowest BCUT2D eigenvalue weighted by molar-refractivity contribution is -0.144. The first-order valence-corrected chi connectivity index (χ1v) is 6.92. The molecular weight excluding hydrogens is 242 g/mol. The van der Waals surface area contributed by atoms with E-state index in [1.165, 1.54) is 6.42 Å². The van der Waals surface area contributed by atoms with E-state index < -0.39 is 12.0 Å². The minimum atomic E-state index is -0.782. The summed E-state index contributed by atoms with van der Waals surface area (Å²) >= 11 is 0. The molecule has 4 nitrogen and oxygen atoms in total. The highest BCUT2D eigenvalue weighted by Crippen LogP contribution is 2.27. The Labute approximate surface area is 114 Å². The van der Waals surface area contributed by atoms with Gasteiger partial charge in [-0.1, -0.05) is 18.6 Å². The average molecular weight is 263 g/mol. The van der Waals surface area contributed by atoms with Crippen molar-refractivity contribution in [2.45, 2.75) is 32.2 Å². The Morgan fingerprint density at radius 3 is 2.74 bits per heavy atom. The second-order valence-corrected chi connectivity index (χ2v) is 4.84. The zero-order valence-corrected chi connectivity index (χ0v) is 11.3. The molecule has 1 aromatic rings. The molecular formula is C15H21NO3. The summed E-state index contributed by atoms with van der Waals surface area (Å²) in [4.78, 5) is 13.6. The molecule has 1 N–H and O–H groups in total. The van der Waals surface area contributed by atoms with E-state index in [1.807, 2.05) is 31.2 Å². The van der Waals surface area contributed by atoms with Gasteiger partial charge in [0, 0.05) is 0 Å². The van der Waals surface area contributed by atoms with Gasteiger partial charge < -0.3 is 9.84 Å². The van der Waals surface area contributed by atoms with Crippen molar-refractivity contribution in [2.24, 2.45) is 0 Å². The Hall–Kier alpha value is -1.55. The topological polar surface area (TPSA) is 49.8 Å². The maximum atomic E-state index is 11.6. The Bertz CT molecular complexity index is 427. The highest BCUT2D eigenvalue weighted by molar-refractivity contribution is 5.75. The highest BCUT2D eigenvalue weighted by atomic mass is 16.5. The molecule has 1 heterocycles. The van der Waals surface area contributed by atoms with Gasteiger partial charge >= 0.3 is 5.97 Å². The molecule has 0 aromatic heterocycles. The number of benzene rings is 1. The van der Waals surface area contributed by atoms with E-state index in [0.717, 1.165) is 37.2 Å². The maximum absolute atomic E-state index is 11.6. The summed E-state index contributed by atoms with van der Waals surface area (Å²) in [5.74, 6) is -0.0428. The van der Waals surface area contributed by atoms with Crippen LogP contribution in [-0.4, -0.2) is 35.7 Å². The molecule has 104 valence electrons. The Kier molecular flexibility index (Phi) is 4.80. The van der Waals surface area contributed by atoms with Crippen LogP contribution in [0.5, 0.6) is 5.75 Å². The first-order valence-electron chi connectivity index (χ1n) is 6.92. The second-order valence-electron chi connectivity index (χ2n) is 4.84. The van der Waals surface area contributed by atoms with Gasteiger partial charge in [0.2, 0.25) is 0 Å². The van der Waals surface area contributed by atoms with Gasteiger partial charge in [-0.05, 0) is 50.6 Å². The third-order valence-corrected chi connectivity index (χ3v) is 3.47. The van der Waals surface area contributed by atoms with Gasteiger partial charge in [-0.2, -0.15) is 0 Å². The molecule has 1 fully saturated rings. The van der Waals surface area contributed by atoms with Crippen molar-refractivity contribution in [3.63, 3.8) is 0 Å². The third-order valence-electron chi connectivity index (χ3n) is 3.47. The number of hydrogen-bond acceptors (Lipinski definition) is 3. The molecule has 1 saturated heterocycles. The van der Waals surface area contributed by atoms with Crippen molar-refractivity contribution < 1.29 is 14.6 Å². The largest absolute Gasteiger partial charge is 0.494 e. The molecule has 0 bridgehead atoms. The zero-order valence-electron chi connectivity index (χ0n) is 11.3. The number of hydrogen-bond donors (Lipinski definition) is 1. The van der Waals surface area contributed by atoms with Crippen LogP contribution >= 0.6 is 0 Å². The predicted octanol–water partition coefficient (Wildman–Crippen LogP) is 2.70. The number of nitrogens with zero attached hydrogens (tertiary/aromatic N) is 1. The van der Waals surface area contributed by atoms with Crippen LogP contribution in [0.25, 0.3) is 0 Å². The van der Waals surface area contributed by atoms with E-state index in [0.29, 0.717) is 6.61 Å². The first-order chi connectivity index (χ1) is 9.22. The standard InChI is InChI=1S/C15H21NO3/c1-2-19-13-8-6-7-12(11-13)14(15(17)18)16-9-4-3-5-10-16/h6-8,11,14H,2-5,9-10H2,1H3,(H,17,18). The molecule has 1 atom stereocenters. The van der Waals surface area contributed by atoms with Crippen molar-refractivity contribution in [1.29, 1.82) is 0 Å². The second kappa shape index (κ2) is 6.57. The summed E-state index contributed by atoms with van der Waals surface area (Å²) < 4.78 is 5.45. The Balaban J connectivity index is 2.22. The Morgan fingerprint density at radius 1 is 1.37 bits per heavy atom. The minimum absolute atomic E-state index is 0.555. The van der Waals surface area contributed by atoms with Crippen molar-refractivity contribution >= 4 is 5.97 Å². The fourth-order valence-corrected chi connectivity index (χ4v) is 2.63. The van der Waals surface area contributed by atoms with Crippen molar-refractivity contribution in [1.82, 2.24) is 4.90 Å². The summed E-state index contributed by atoms with van der Waals surface area (Å²) in [5, 5.41) is 9.52. The molecule has 19 heavy (non-hydrogen) atoms. The van der Waals surface area contributed by atoms with E-state index in [1.54, 1.807) is 0 Å². The number of carboxylic acids is 1. The van der Waals surface area contributed by atoms with E-state index >= 15 is 0 Å². The smallest absolute Gasteiger partial charge is 0.325 e. The fourth-order valence-electron chi connectivity index (χ4n) is 2.63. The Morgan fingerprint density at radius 2 is 2.11 bits per heavy atom.